The average molecular weight is 855 g/mol. The van der Waals surface area contributed by atoms with Crippen LogP contribution in [0.1, 0.15) is 87.0 Å². The van der Waals surface area contributed by atoms with Gasteiger partial charge in [0.15, 0.2) is 0 Å². The molecule has 14 rings (SSSR count). The largest absolute Gasteiger partial charge is 0.748 e. The molecule has 2 heterocycles. The van der Waals surface area contributed by atoms with Gasteiger partial charge in [-0.05, 0) is 141 Å². The maximum Gasteiger partial charge on any atom is 0.138 e. The Hall–Kier alpha value is -3.32. The molecule has 0 amide bonds. The zero-order valence-corrected chi connectivity index (χ0v) is 37.1. The van der Waals surface area contributed by atoms with Crippen molar-refractivity contribution >= 4 is 17.2 Å². The van der Waals surface area contributed by atoms with Crippen molar-refractivity contribution in [1.29, 1.82) is 0 Å². The summed E-state index contributed by atoms with van der Waals surface area (Å²) < 4.78 is 0. The summed E-state index contributed by atoms with van der Waals surface area (Å²) in [5, 5.41) is -0.802. The van der Waals surface area contributed by atoms with E-state index in [0.717, 1.165) is 70.3 Å². The molecule has 0 spiro atoms. The zero-order valence-electron chi connectivity index (χ0n) is 33.9. The van der Waals surface area contributed by atoms with Gasteiger partial charge in [-0.1, -0.05) is 79.7 Å². The van der Waals surface area contributed by atoms with Crippen LogP contribution in [0, 0.1) is 47.3 Å². The Morgan fingerprint density at radius 3 is 1.34 bits per heavy atom. The van der Waals surface area contributed by atoms with Crippen LogP contribution in [0.3, 0.4) is 0 Å². The predicted octanol–water partition coefficient (Wildman–Crippen LogP) is 12.5. The molecule has 0 aliphatic heterocycles. The summed E-state index contributed by atoms with van der Waals surface area (Å²) >= 11 is 0. The minimum Gasteiger partial charge on any atom is -0.748 e. The summed E-state index contributed by atoms with van der Waals surface area (Å²) in [6.45, 7) is 0. The van der Waals surface area contributed by atoms with E-state index < -0.39 is 5.16 Å². The fourth-order valence-electron chi connectivity index (χ4n) is 14.0. The molecule has 6 aromatic rings. The molecule has 7 heteroatoms. The minimum atomic E-state index is -0.802. The van der Waals surface area contributed by atoms with Crippen molar-refractivity contribution in [3.63, 3.8) is 0 Å². The molecule has 2 aromatic heterocycles. The number of aromatic nitrogens is 4. The second-order valence-electron chi connectivity index (χ2n) is 19.0. The third-order valence-corrected chi connectivity index (χ3v) is 20.3. The second-order valence-corrected chi connectivity index (χ2v) is 22.4. The molecule has 8 aliphatic rings. The molecule has 4 nitrogen and oxygen atoms in total. The molecule has 0 N–H and O–H groups in total. The molecule has 1 unspecified atom stereocenters. The van der Waals surface area contributed by atoms with Crippen LogP contribution >= 0.6 is 17.2 Å². The minimum absolute atomic E-state index is 0. The van der Waals surface area contributed by atoms with Crippen molar-refractivity contribution in [3.05, 3.63) is 157 Å². The Kier molecular flexibility index (Phi) is 11.4. The Balaban J connectivity index is 0.000000655. The third-order valence-electron chi connectivity index (χ3n) is 15.6. The standard InChI is InChI=1S/C47H51N4P2.C5H5.Fe/c52-47(45-48-13-7-14-49-45,46-50-15-8-16-51-46)41-27-39(33-9-3-1-4-10-33)42(34-11-5-2-6-12-34)40(41)28-53(43-35-19-29-17-30(21-35)22-36(43)20-29)44-37-23-31-18-32(25-37)26-38(44)24-31;1-2-4-5-3-1;/h1-16,27,29-32,35-38,43-44H,17-26,28,52H2;1-5H;/q-1;-5;. The molecule has 1 atom stereocenters. The molecule has 308 valence electrons. The van der Waals surface area contributed by atoms with Gasteiger partial charge in [-0.2, -0.15) is 22.8 Å². The van der Waals surface area contributed by atoms with Crippen molar-refractivity contribution in [3.8, 4) is 22.3 Å². The van der Waals surface area contributed by atoms with Crippen molar-refractivity contribution in [2.45, 2.75) is 86.8 Å². The van der Waals surface area contributed by atoms with Gasteiger partial charge in [0, 0.05) is 41.9 Å². The monoisotopic (exact) mass is 854 g/mol. The first kappa shape index (κ1) is 39.8. The van der Waals surface area contributed by atoms with Crippen LogP contribution in [0.15, 0.2) is 134 Å². The van der Waals surface area contributed by atoms with E-state index in [1.54, 1.807) is 0 Å². The Morgan fingerprint density at radius 1 is 0.542 bits per heavy atom. The zero-order chi connectivity index (χ0) is 38.6. The van der Waals surface area contributed by atoms with Crippen LogP contribution in [0.4, 0.5) is 0 Å². The van der Waals surface area contributed by atoms with E-state index in [4.69, 9.17) is 19.9 Å². The van der Waals surface area contributed by atoms with Crippen LogP contribution in [0.25, 0.3) is 22.3 Å². The molecule has 8 saturated carbocycles. The SMILES string of the molecule is PC(c1ncccn1)(c1ncccn1)[c-]1cc(-c2ccccc2)c(-c2ccccc2)c1CP(C1C2CC3CC(C2)CC1C3)C1C2CC3CC(C2)CC1C3.[Fe].[cH-]1[cH-][cH-][cH-][cH-]1. The first-order valence-corrected chi connectivity index (χ1v) is 24.5. The smallest absolute Gasteiger partial charge is 0.138 e. The van der Waals surface area contributed by atoms with Crippen LogP contribution in [0.5, 0.6) is 0 Å². The van der Waals surface area contributed by atoms with Crippen LogP contribution in [-0.4, -0.2) is 31.3 Å². The van der Waals surface area contributed by atoms with Gasteiger partial charge in [0.25, 0.3) is 0 Å². The maximum absolute atomic E-state index is 5.00. The van der Waals surface area contributed by atoms with E-state index in [1.165, 1.54) is 104 Å². The number of nitrogens with zero attached hydrogens (tertiary/aromatic N) is 4. The normalized spacial score (nSPS) is 30.3. The second kappa shape index (κ2) is 16.9. The van der Waals surface area contributed by atoms with Gasteiger partial charge in [-0.15, -0.1) is 14.8 Å². The van der Waals surface area contributed by atoms with Gasteiger partial charge in [0.1, 0.15) is 11.6 Å². The van der Waals surface area contributed by atoms with Crippen LogP contribution in [0.2, 0.25) is 0 Å². The predicted molar refractivity (Wildman–Crippen MR) is 241 cm³/mol. The van der Waals surface area contributed by atoms with Crippen LogP contribution < -0.4 is 0 Å². The molecule has 0 saturated heterocycles. The Morgan fingerprint density at radius 2 is 0.932 bits per heavy atom. The Labute approximate surface area is 365 Å². The molecule has 8 bridgehead atoms. The van der Waals surface area contributed by atoms with Gasteiger partial charge < -0.3 is 30.3 Å². The number of benzene rings is 2. The first-order valence-electron chi connectivity index (χ1n) is 22.3. The molecule has 0 radical (unpaired) electrons. The fourth-order valence-corrected chi connectivity index (χ4v) is 19.2. The number of hydrogen-bond acceptors (Lipinski definition) is 4. The number of hydrogen-bond donors (Lipinski definition) is 0. The topological polar surface area (TPSA) is 51.6 Å². The van der Waals surface area contributed by atoms with Crippen molar-refractivity contribution < 1.29 is 17.1 Å². The first-order chi connectivity index (χ1) is 28.6. The van der Waals surface area contributed by atoms with Gasteiger partial charge in [-0.25, -0.2) is 19.9 Å². The summed E-state index contributed by atoms with van der Waals surface area (Å²) in [4.78, 5) is 20.0. The van der Waals surface area contributed by atoms with Gasteiger partial charge in [0.2, 0.25) is 0 Å². The van der Waals surface area contributed by atoms with E-state index in [1.807, 2.05) is 67.3 Å². The molecule has 8 fully saturated rings. The molecule has 8 aliphatic carbocycles. The van der Waals surface area contributed by atoms with Crippen molar-refractivity contribution in [2.75, 3.05) is 0 Å². The van der Waals surface area contributed by atoms with Gasteiger partial charge >= 0.3 is 0 Å². The average Bonchev–Trinajstić information content (AvgIpc) is 3.97. The summed E-state index contributed by atoms with van der Waals surface area (Å²) in [6.07, 6.45) is 23.8. The summed E-state index contributed by atoms with van der Waals surface area (Å²) in [6, 6.07) is 38.8. The molecular formula is C52H56FeN4P2-6. The van der Waals surface area contributed by atoms with Gasteiger partial charge in [-0.3, -0.25) is 0 Å². The fraction of sp³-hybridized carbons (Fsp3) is 0.423. The van der Waals surface area contributed by atoms with E-state index in [2.05, 4.69) is 76.0 Å². The quantitative estimate of drug-likeness (QED) is 0.0826. The van der Waals surface area contributed by atoms with E-state index in [-0.39, 0.29) is 25.0 Å². The van der Waals surface area contributed by atoms with E-state index >= 15 is 0 Å². The summed E-state index contributed by atoms with van der Waals surface area (Å²) in [5.74, 6) is 9.18. The number of rotatable bonds is 9. The van der Waals surface area contributed by atoms with Gasteiger partial charge in [0.05, 0.1) is 5.16 Å². The summed E-state index contributed by atoms with van der Waals surface area (Å²) in [5.41, 5.74) is 9.88. The molecule has 59 heavy (non-hydrogen) atoms. The molecular weight excluding hydrogens is 798 g/mol. The van der Waals surface area contributed by atoms with Crippen LogP contribution in [-0.2, 0) is 28.4 Å². The third kappa shape index (κ3) is 7.35. The maximum atomic E-state index is 5.00. The van der Waals surface area contributed by atoms with E-state index in [0.29, 0.717) is 0 Å². The molecule has 4 aromatic carbocycles. The summed E-state index contributed by atoms with van der Waals surface area (Å²) in [7, 11) is 2.96. The van der Waals surface area contributed by atoms with Crippen molar-refractivity contribution in [1.82, 2.24) is 19.9 Å². The Bertz CT molecular complexity index is 2120. The van der Waals surface area contributed by atoms with Crippen molar-refractivity contribution in [2.24, 2.45) is 47.3 Å². The van der Waals surface area contributed by atoms with E-state index in [9.17, 15) is 0 Å².